The van der Waals surface area contributed by atoms with Crippen LogP contribution in [0.2, 0.25) is 0 Å². The number of methoxy groups -OCH3 is 1. The van der Waals surface area contributed by atoms with E-state index in [9.17, 15) is 9.59 Å². The molecule has 0 spiro atoms. The Hall–Kier alpha value is -2.32. The zero-order valence-corrected chi connectivity index (χ0v) is 19.0. The number of fused-ring (bicyclic) bond motifs is 3. The van der Waals surface area contributed by atoms with E-state index >= 15 is 0 Å². The standard InChI is InChI=1S/C22H25N3O3S2/c1-13(19(26)23-2)29-22-24-20-18(16-7-5-4-6-8-17(16)30-20)21(27)25(22)14-9-11-15(28-3)12-10-14/h9-13H,4-8H2,1-3H3,(H,23,26). The van der Waals surface area contributed by atoms with Gasteiger partial charge < -0.3 is 10.1 Å². The predicted octanol–water partition coefficient (Wildman–Crippen LogP) is 3.95. The van der Waals surface area contributed by atoms with E-state index in [4.69, 9.17) is 9.72 Å². The van der Waals surface area contributed by atoms with Crippen molar-refractivity contribution in [3.63, 3.8) is 0 Å². The molecule has 1 aliphatic rings. The summed E-state index contributed by atoms with van der Waals surface area (Å²) in [4.78, 5) is 32.8. The normalized spacial score (nSPS) is 14.8. The molecule has 3 aromatic rings. The lowest BCUT2D eigenvalue weighted by molar-refractivity contribution is -0.119. The zero-order valence-electron chi connectivity index (χ0n) is 17.4. The van der Waals surface area contributed by atoms with Crippen LogP contribution in [0.25, 0.3) is 15.9 Å². The van der Waals surface area contributed by atoms with Gasteiger partial charge in [-0.1, -0.05) is 18.2 Å². The number of carbonyl (C=O) groups excluding carboxylic acids is 1. The maximum atomic E-state index is 13.8. The van der Waals surface area contributed by atoms with Crippen LogP contribution >= 0.6 is 23.1 Å². The Bertz CT molecular complexity index is 1140. The number of benzene rings is 1. The summed E-state index contributed by atoms with van der Waals surface area (Å²) in [5, 5.41) is 3.57. The molecule has 0 radical (unpaired) electrons. The van der Waals surface area contributed by atoms with Gasteiger partial charge in [0, 0.05) is 11.9 Å². The fourth-order valence-corrected chi connectivity index (χ4v) is 6.10. The van der Waals surface area contributed by atoms with E-state index in [2.05, 4.69) is 5.32 Å². The molecule has 1 aromatic carbocycles. The molecule has 0 saturated carbocycles. The molecule has 0 fully saturated rings. The van der Waals surface area contributed by atoms with E-state index in [-0.39, 0.29) is 16.7 Å². The molecular formula is C22H25N3O3S2. The van der Waals surface area contributed by atoms with Crippen LogP contribution in [-0.4, -0.2) is 34.9 Å². The predicted molar refractivity (Wildman–Crippen MR) is 122 cm³/mol. The Kier molecular flexibility index (Phi) is 6.15. The smallest absolute Gasteiger partial charge is 0.267 e. The first-order valence-electron chi connectivity index (χ1n) is 10.1. The van der Waals surface area contributed by atoms with Gasteiger partial charge in [-0.25, -0.2) is 4.98 Å². The Balaban J connectivity index is 1.93. The van der Waals surface area contributed by atoms with Crippen molar-refractivity contribution in [1.29, 1.82) is 0 Å². The van der Waals surface area contributed by atoms with E-state index in [1.807, 2.05) is 31.2 Å². The molecular weight excluding hydrogens is 418 g/mol. The number of carbonyl (C=O) groups is 1. The Morgan fingerprint density at radius 2 is 1.97 bits per heavy atom. The minimum absolute atomic E-state index is 0.0591. The highest BCUT2D eigenvalue weighted by Gasteiger charge is 2.24. The molecule has 0 saturated heterocycles. The number of thioether (sulfide) groups is 1. The first-order valence-corrected chi connectivity index (χ1v) is 11.8. The largest absolute Gasteiger partial charge is 0.497 e. The first-order chi connectivity index (χ1) is 14.5. The fraction of sp³-hybridized carbons (Fsp3) is 0.409. The molecule has 1 atom stereocenters. The summed E-state index contributed by atoms with van der Waals surface area (Å²) in [6.07, 6.45) is 5.39. The molecule has 1 amide bonds. The van der Waals surface area contributed by atoms with E-state index in [0.29, 0.717) is 5.16 Å². The van der Waals surface area contributed by atoms with Crippen molar-refractivity contribution in [3.8, 4) is 11.4 Å². The molecule has 2 aromatic heterocycles. The minimum atomic E-state index is -0.373. The monoisotopic (exact) mass is 443 g/mol. The molecule has 6 nitrogen and oxygen atoms in total. The number of ether oxygens (including phenoxy) is 1. The number of hydrogen-bond donors (Lipinski definition) is 1. The van der Waals surface area contributed by atoms with Crippen LogP contribution in [0.5, 0.6) is 5.75 Å². The average molecular weight is 444 g/mol. The van der Waals surface area contributed by atoms with Crippen molar-refractivity contribution in [2.24, 2.45) is 0 Å². The summed E-state index contributed by atoms with van der Waals surface area (Å²) >= 11 is 2.94. The summed E-state index contributed by atoms with van der Waals surface area (Å²) in [6, 6.07) is 7.37. The first kappa shape index (κ1) is 20.9. The van der Waals surface area contributed by atoms with Crippen LogP contribution in [-0.2, 0) is 17.6 Å². The van der Waals surface area contributed by atoms with E-state index in [1.165, 1.54) is 28.6 Å². The van der Waals surface area contributed by atoms with Gasteiger partial charge in [0.25, 0.3) is 5.56 Å². The third kappa shape index (κ3) is 3.86. The highest BCUT2D eigenvalue weighted by molar-refractivity contribution is 8.00. The number of aryl methyl sites for hydroxylation is 2. The second kappa shape index (κ2) is 8.81. The molecule has 1 aliphatic carbocycles. The topological polar surface area (TPSA) is 73.2 Å². The van der Waals surface area contributed by atoms with E-state index in [0.717, 1.165) is 47.3 Å². The van der Waals surface area contributed by atoms with Crippen molar-refractivity contribution < 1.29 is 9.53 Å². The quantitative estimate of drug-likeness (QED) is 0.367. The van der Waals surface area contributed by atoms with E-state index in [1.54, 1.807) is 30.1 Å². The number of amides is 1. The fourth-order valence-electron chi connectivity index (χ4n) is 3.82. The number of nitrogens with zero attached hydrogens (tertiary/aromatic N) is 2. The van der Waals surface area contributed by atoms with Crippen molar-refractivity contribution in [2.75, 3.05) is 14.2 Å². The lowest BCUT2D eigenvalue weighted by Gasteiger charge is -2.15. The van der Waals surface area contributed by atoms with Crippen LogP contribution in [0.15, 0.2) is 34.2 Å². The lowest BCUT2D eigenvalue weighted by atomic mass is 10.1. The summed E-state index contributed by atoms with van der Waals surface area (Å²) in [6.45, 7) is 1.82. The highest BCUT2D eigenvalue weighted by Crippen LogP contribution is 2.35. The van der Waals surface area contributed by atoms with Gasteiger partial charge in [-0.15, -0.1) is 11.3 Å². The Morgan fingerprint density at radius 3 is 2.67 bits per heavy atom. The Labute approximate surface area is 183 Å². The minimum Gasteiger partial charge on any atom is -0.497 e. The van der Waals surface area contributed by atoms with Crippen LogP contribution in [0.3, 0.4) is 0 Å². The summed E-state index contributed by atoms with van der Waals surface area (Å²) in [5.41, 5.74) is 1.83. The summed E-state index contributed by atoms with van der Waals surface area (Å²) in [5.74, 6) is 0.621. The third-order valence-electron chi connectivity index (χ3n) is 5.44. The molecule has 30 heavy (non-hydrogen) atoms. The summed E-state index contributed by atoms with van der Waals surface area (Å²) < 4.78 is 6.91. The van der Waals surface area contributed by atoms with Gasteiger partial charge in [0.05, 0.1) is 23.4 Å². The molecule has 2 heterocycles. The van der Waals surface area contributed by atoms with Gasteiger partial charge >= 0.3 is 0 Å². The number of hydrogen-bond acceptors (Lipinski definition) is 6. The van der Waals surface area contributed by atoms with Gasteiger partial charge in [-0.05, 0) is 62.4 Å². The molecule has 1 N–H and O–H groups in total. The number of aromatic nitrogens is 2. The van der Waals surface area contributed by atoms with Gasteiger partial charge in [-0.2, -0.15) is 0 Å². The zero-order chi connectivity index (χ0) is 21.3. The summed E-state index contributed by atoms with van der Waals surface area (Å²) in [7, 11) is 3.23. The number of thiophene rings is 1. The van der Waals surface area contributed by atoms with Gasteiger partial charge in [0.15, 0.2) is 5.16 Å². The SMILES string of the molecule is CNC(=O)C(C)Sc1nc2sc3c(c2c(=O)n1-c1ccc(OC)cc1)CCCCC3. The van der Waals surface area contributed by atoms with Crippen LogP contribution in [0.4, 0.5) is 0 Å². The molecule has 0 aliphatic heterocycles. The lowest BCUT2D eigenvalue weighted by Crippen LogP contribution is -2.29. The van der Waals surface area contributed by atoms with Gasteiger partial charge in [-0.3, -0.25) is 14.2 Å². The van der Waals surface area contributed by atoms with Crippen molar-refractivity contribution >= 4 is 39.2 Å². The second-order valence-electron chi connectivity index (χ2n) is 7.35. The van der Waals surface area contributed by atoms with Crippen molar-refractivity contribution in [1.82, 2.24) is 14.9 Å². The molecule has 0 bridgehead atoms. The maximum Gasteiger partial charge on any atom is 0.267 e. The maximum absolute atomic E-state index is 13.8. The van der Waals surface area contributed by atoms with Gasteiger partial charge in [0.1, 0.15) is 10.6 Å². The average Bonchev–Trinajstić information content (AvgIpc) is 2.94. The third-order valence-corrected chi connectivity index (χ3v) is 7.67. The highest BCUT2D eigenvalue weighted by atomic mass is 32.2. The molecule has 1 unspecified atom stereocenters. The second-order valence-corrected chi connectivity index (χ2v) is 9.74. The van der Waals surface area contributed by atoms with Crippen molar-refractivity contribution in [2.45, 2.75) is 49.4 Å². The number of rotatable bonds is 5. The van der Waals surface area contributed by atoms with Gasteiger partial charge in [0.2, 0.25) is 5.91 Å². The van der Waals surface area contributed by atoms with E-state index < -0.39 is 0 Å². The molecule has 8 heteroatoms. The number of nitrogens with one attached hydrogen (secondary N) is 1. The Morgan fingerprint density at radius 1 is 1.23 bits per heavy atom. The van der Waals surface area contributed by atoms with Crippen LogP contribution in [0, 0.1) is 0 Å². The molecule has 4 rings (SSSR count). The molecule has 158 valence electrons. The van der Waals surface area contributed by atoms with Crippen LogP contribution < -0.4 is 15.6 Å². The van der Waals surface area contributed by atoms with Crippen molar-refractivity contribution in [3.05, 3.63) is 45.1 Å². The van der Waals surface area contributed by atoms with Crippen LogP contribution in [0.1, 0.15) is 36.6 Å².